The van der Waals surface area contributed by atoms with Gasteiger partial charge in [0, 0.05) is 24.3 Å². The highest BCUT2D eigenvalue weighted by Gasteiger charge is 2.30. The van der Waals surface area contributed by atoms with E-state index >= 15 is 0 Å². The van der Waals surface area contributed by atoms with Gasteiger partial charge in [0.2, 0.25) is 0 Å². The number of benzene rings is 3. The van der Waals surface area contributed by atoms with Crippen molar-refractivity contribution >= 4 is 23.2 Å². The lowest BCUT2D eigenvalue weighted by atomic mass is 9.96. The molecule has 0 aromatic heterocycles. The lowest BCUT2D eigenvalue weighted by molar-refractivity contribution is -0.112. The summed E-state index contributed by atoms with van der Waals surface area (Å²) in [5.74, 6) is 0.781. The summed E-state index contributed by atoms with van der Waals surface area (Å²) in [6, 6.07) is 24.2. The van der Waals surface area contributed by atoms with Gasteiger partial charge in [-0.05, 0) is 41.8 Å². The molecule has 134 valence electrons. The number of nitrogens with zero attached hydrogens (tertiary/aromatic N) is 1. The van der Waals surface area contributed by atoms with Gasteiger partial charge in [-0.25, -0.2) is 0 Å². The number of carbonyl (C=O) groups excluding carboxylic acids is 1. The minimum atomic E-state index is 0.00140. The topological polar surface area (TPSA) is 29.5 Å². The lowest BCUT2D eigenvalue weighted by Gasteiger charge is -2.10. The van der Waals surface area contributed by atoms with E-state index in [2.05, 4.69) is 24.3 Å². The first kappa shape index (κ1) is 17.1. The third kappa shape index (κ3) is 3.13. The number of fused-ring (bicyclic) bond motifs is 1. The average Bonchev–Trinajstić information content (AvgIpc) is 2.94. The summed E-state index contributed by atoms with van der Waals surface area (Å²) in [6.45, 7) is 2.55. The van der Waals surface area contributed by atoms with Gasteiger partial charge in [0.25, 0.3) is 5.91 Å². The van der Waals surface area contributed by atoms with Gasteiger partial charge in [-0.15, -0.1) is 0 Å². The fraction of sp³-hybridized carbons (Fsp3) is 0.125. The van der Waals surface area contributed by atoms with Crippen molar-refractivity contribution in [3.8, 4) is 16.9 Å². The number of amides is 1. The van der Waals surface area contributed by atoms with Crippen LogP contribution in [0.3, 0.4) is 0 Å². The van der Waals surface area contributed by atoms with Crippen LogP contribution in [-0.2, 0) is 4.79 Å². The number of hydrogen-bond acceptors (Lipinski definition) is 2. The van der Waals surface area contributed by atoms with Crippen LogP contribution in [0.1, 0.15) is 18.1 Å². The third-order valence-corrected chi connectivity index (χ3v) is 4.81. The molecule has 3 heteroatoms. The van der Waals surface area contributed by atoms with Gasteiger partial charge in [-0.2, -0.15) is 0 Å². The first-order valence-corrected chi connectivity index (χ1v) is 9.10. The van der Waals surface area contributed by atoms with E-state index < -0.39 is 0 Å². The molecule has 1 heterocycles. The maximum absolute atomic E-state index is 12.9. The van der Waals surface area contributed by atoms with Crippen LogP contribution in [0.4, 0.5) is 5.69 Å². The Morgan fingerprint density at radius 2 is 1.67 bits per heavy atom. The minimum absolute atomic E-state index is 0.00140. The zero-order valence-electron chi connectivity index (χ0n) is 15.5. The maximum atomic E-state index is 12.9. The van der Waals surface area contributed by atoms with E-state index in [1.165, 1.54) is 0 Å². The van der Waals surface area contributed by atoms with Gasteiger partial charge in [-0.1, -0.05) is 54.6 Å². The Hall–Kier alpha value is -3.33. The molecular formula is C24H21NO2. The smallest absolute Gasteiger partial charge is 0.258 e. The van der Waals surface area contributed by atoms with E-state index in [9.17, 15) is 4.79 Å². The SMILES string of the molecule is CCOc1ccc2c(c1)N(C)C(=O)/C2=C/c1ccccc1-c1ccccc1. The van der Waals surface area contributed by atoms with Crippen molar-refractivity contribution in [3.63, 3.8) is 0 Å². The second-order valence-electron chi connectivity index (χ2n) is 6.49. The Kier molecular flexibility index (Phi) is 4.51. The molecule has 27 heavy (non-hydrogen) atoms. The van der Waals surface area contributed by atoms with Gasteiger partial charge >= 0.3 is 0 Å². The van der Waals surface area contributed by atoms with Crippen molar-refractivity contribution in [1.29, 1.82) is 0 Å². The van der Waals surface area contributed by atoms with Crippen molar-refractivity contribution in [1.82, 2.24) is 0 Å². The Balaban J connectivity index is 1.82. The van der Waals surface area contributed by atoms with Gasteiger partial charge in [0.1, 0.15) is 5.75 Å². The Morgan fingerprint density at radius 3 is 2.44 bits per heavy atom. The van der Waals surface area contributed by atoms with Crippen LogP contribution < -0.4 is 9.64 Å². The highest BCUT2D eigenvalue weighted by Crippen LogP contribution is 2.40. The molecule has 0 bridgehead atoms. The highest BCUT2D eigenvalue weighted by molar-refractivity contribution is 6.35. The zero-order chi connectivity index (χ0) is 18.8. The summed E-state index contributed by atoms with van der Waals surface area (Å²) in [4.78, 5) is 14.6. The highest BCUT2D eigenvalue weighted by atomic mass is 16.5. The van der Waals surface area contributed by atoms with E-state index in [0.29, 0.717) is 12.2 Å². The van der Waals surface area contributed by atoms with Crippen molar-refractivity contribution in [2.45, 2.75) is 6.92 Å². The van der Waals surface area contributed by atoms with Crippen LogP contribution in [0.5, 0.6) is 5.75 Å². The molecule has 0 atom stereocenters. The Bertz CT molecular complexity index is 1020. The molecule has 0 spiro atoms. The monoisotopic (exact) mass is 355 g/mol. The van der Waals surface area contributed by atoms with Gasteiger partial charge in [-0.3, -0.25) is 4.79 Å². The van der Waals surface area contributed by atoms with Crippen molar-refractivity contribution in [2.24, 2.45) is 0 Å². The third-order valence-electron chi connectivity index (χ3n) is 4.81. The molecule has 0 saturated carbocycles. The van der Waals surface area contributed by atoms with Crippen LogP contribution in [0, 0.1) is 0 Å². The van der Waals surface area contributed by atoms with E-state index in [4.69, 9.17) is 4.74 Å². The molecule has 0 fully saturated rings. The largest absolute Gasteiger partial charge is 0.494 e. The van der Waals surface area contributed by atoms with Crippen LogP contribution in [0.2, 0.25) is 0 Å². The van der Waals surface area contributed by atoms with Gasteiger partial charge in [0.15, 0.2) is 0 Å². The molecule has 1 aliphatic heterocycles. The summed E-state index contributed by atoms with van der Waals surface area (Å²) in [5, 5.41) is 0. The molecule has 1 amide bonds. The molecule has 4 rings (SSSR count). The van der Waals surface area contributed by atoms with E-state index in [1.807, 2.05) is 61.5 Å². The predicted molar refractivity (Wildman–Crippen MR) is 111 cm³/mol. The normalized spacial score (nSPS) is 14.5. The molecule has 3 aromatic rings. The first-order valence-electron chi connectivity index (χ1n) is 9.10. The maximum Gasteiger partial charge on any atom is 0.258 e. The molecule has 0 unspecified atom stereocenters. The predicted octanol–water partition coefficient (Wildman–Crippen LogP) is 5.27. The number of rotatable bonds is 4. The summed E-state index contributed by atoms with van der Waals surface area (Å²) in [6.07, 6.45) is 1.99. The van der Waals surface area contributed by atoms with Crippen LogP contribution in [-0.4, -0.2) is 19.6 Å². The van der Waals surface area contributed by atoms with Crippen LogP contribution in [0.25, 0.3) is 22.8 Å². The molecule has 0 N–H and O–H groups in total. The standard InChI is InChI=1S/C24H21NO2/c1-3-27-19-13-14-21-22(24(26)25(2)23(21)16-19)15-18-11-7-8-12-20(18)17-9-5-4-6-10-17/h4-16H,3H2,1-2H3/b22-15+. The molecular weight excluding hydrogens is 334 g/mol. The average molecular weight is 355 g/mol. The van der Waals surface area contributed by atoms with Crippen molar-refractivity contribution in [3.05, 3.63) is 83.9 Å². The van der Waals surface area contributed by atoms with E-state index in [0.717, 1.165) is 33.7 Å². The number of ether oxygens (including phenoxy) is 1. The van der Waals surface area contributed by atoms with Crippen molar-refractivity contribution < 1.29 is 9.53 Å². The van der Waals surface area contributed by atoms with E-state index in [-0.39, 0.29) is 5.91 Å². The number of likely N-dealkylation sites (N-methyl/N-ethyl adjacent to an activating group) is 1. The number of anilines is 1. The molecule has 3 nitrogen and oxygen atoms in total. The number of carbonyl (C=O) groups is 1. The lowest BCUT2D eigenvalue weighted by Crippen LogP contribution is -2.20. The quantitative estimate of drug-likeness (QED) is 0.597. The fourth-order valence-corrected chi connectivity index (χ4v) is 3.48. The van der Waals surface area contributed by atoms with E-state index in [1.54, 1.807) is 11.9 Å². The summed E-state index contributed by atoms with van der Waals surface area (Å²) in [7, 11) is 1.81. The second-order valence-corrected chi connectivity index (χ2v) is 6.49. The summed E-state index contributed by atoms with van der Waals surface area (Å²) < 4.78 is 5.59. The van der Waals surface area contributed by atoms with Gasteiger partial charge in [0.05, 0.1) is 12.3 Å². The summed E-state index contributed by atoms with van der Waals surface area (Å²) in [5.41, 5.74) is 5.81. The summed E-state index contributed by atoms with van der Waals surface area (Å²) >= 11 is 0. The van der Waals surface area contributed by atoms with Gasteiger partial charge < -0.3 is 9.64 Å². The van der Waals surface area contributed by atoms with Crippen molar-refractivity contribution in [2.75, 3.05) is 18.6 Å². The molecule has 0 radical (unpaired) electrons. The Labute approximate surface area is 159 Å². The fourth-order valence-electron chi connectivity index (χ4n) is 3.48. The van der Waals surface area contributed by atoms with Crippen LogP contribution in [0.15, 0.2) is 72.8 Å². The van der Waals surface area contributed by atoms with Crippen LogP contribution >= 0.6 is 0 Å². The minimum Gasteiger partial charge on any atom is -0.494 e. The first-order chi connectivity index (χ1) is 13.2. The second kappa shape index (κ2) is 7.12. The molecule has 3 aromatic carbocycles. The Morgan fingerprint density at radius 1 is 0.926 bits per heavy atom. The zero-order valence-corrected chi connectivity index (χ0v) is 15.5. The number of hydrogen-bond donors (Lipinski definition) is 0. The molecule has 1 aliphatic rings. The molecule has 0 aliphatic carbocycles. The molecule has 0 saturated heterocycles.